The van der Waals surface area contributed by atoms with Crippen LogP contribution in [-0.2, 0) is 17.6 Å². The van der Waals surface area contributed by atoms with Crippen LogP contribution in [0.4, 0.5) is 5.82 Å². The maximum absolute atomic E-state index is 5.75. The van der Waals surface area contributed by atoms with Crippen molar-refractivity contribution in [3.05, 3.63) is 39.5 Å². The number of hydrogen-bond donors (Lipinski definition) is 1. The highest BCUT2D eigenvalue weighted by Crippen LogP contribution is 2.29. The summed E-state index contributed by atoms with van der Waals surface area (Å²) in [7, 11) is 0. The minimum atomic E-state index is 0.292. The van der Waals surface area contributed by atoms with Crippen LogP contribution < -0.4 is 5.32 Å². The molecule has 1 N–H and O–H groups in total. The van der Waals surface area contributed by atoms with Gasteiger partial charge in [-0.3, -0.25) is 4.90 Å². The molecule has 1 aliphatic carbocycles. The molecule has 5 nitrogen and oxygen atoms in total. The second kappa shape index (κ2) is 8.03. The van der Waals surface area contributed by atoms with Crippen molar-refractivity contribution < 1.29 is 4.74 Å². The fourth-order valence-corrected chi connectivity index (χ4v) is 4.94. The van der Waals surface area contributed by atoms with Crippen LogP contribution in [0.15, 0.2) is 17.5 Å². The summed E-state index contributed by atoms with van der Waals surface area (Å²) in [5, 5.41) is 5.86. The van der Waals surface area contributed by atoms with E-state index in [0.29, 0.717) is 12.1 Å². The number of hydrogen-bond acceptors (Lipinski definition) is 6. The Bertz CT molecular complexity index is 734. The monoisotopic (exact) mass is 372 g/mol. The van der Waals surface area contributed by atoms with Gasteiger partial charge in [-0.25, -0.2) is 9.97 Å². The van der Waals surface area contributed by atoms with Crippen molar-refractivity contribution in [3.63, 3.8) is 0 Å². The van der Waals surface area contributed by atoms with E-state index in [9.17, 15) is 0 Å². The highest BCUT2D eigenvalue weighted by Gasteiger charge is 2.27. The number of morpholine rings is 1. The highest BCUT2D eigenvalue weighted by molar-refractivity contribution is 7.10. The van der Waals surface area contributed by atoms with E-state index >= 15 is 0 Å². The quantitative estimate of drug-likeness (QED) is 0.869. The van der Waals surface area contributed by atoms with Gasteiger partial charge in [0.1, 0.15) is 11.6 Å². The smallest absolute Gasteiger partial charge is 0.133 e. The maximum atomic E-state index is 5.75. The Morgan fingerprint density at radius 3 is 3.04 bits per heavy atom. The number of ether oxygens (including phenoxy) is 1. The van der Waals surface area contributed by atoms with Gasteiger partial charge < -0.3 is 10.1 Å². The second-order valence-electron chi connectivity index (χ2n) is 7.34. The molecule has 2 aliphatic rings. The molecule has 0 bridgehead atoms. The van der Waals surface area contributed by atoms with Crippen molar-refractivity contribution in [3.8, 4) is 0 Å². The molecule has 3 heterocycles. The SMILES string of the molecule is Cc1nc2c(c(NCC(c3cccs3)N3CCOC(C)C3)n1)CCCC2. The molecule has 1 fully saturated rings. The molecular weight excluding hydrogens is 344 g/mol. The number of anilines is 1. The summed E-state index contributed by atoms with van der Waals surface area (Å²) in [6.45, 7) is 7.80. The Morgan fingerprint density at radius 2 is 2.23 bits per heavy atom. The van der Waals surface area contributed by atoms with Crippen molar-refractivity contribution in [2.75, 3.05) is 31.6 Å². The zero-order valence-electron chi connectivity index (χ0n) is 15.7. The minimum absolute atomic E-state index is 0.292. The summed E-state index contributed by atoms with van der Waals surface area (Å²) in [5.74, 6) is 1.93. The lowest BCUT2D eigenvalue weighted by Crippen LogP contribution is -2.44. The number of aryl methyl sites for hydroxylation is 2. The Morgan fingerprint density at radius 1 is 1.35 bits per heavy atom. The number of fused-ring (bicyclic) bond motifs is 1. The summed E-state index contributed by atoms with van der Waals surface area (Å²) in [6, 6.07) is 4.75. The van der Waals surface area contributed by atoms with Crippen LogP contribution in [0.3, 0.4) is 0 Å². The van der Waals surface area contributed by atoms with Gasteiger partial charge in [0, 0.05) is 35.8 Å². The molecule has 4 rings (SSSR count). The first kappa shape index (κ1) is 17.9. The van der Waals surface area contributed by atoms with Gasteiger partial charge in [0.2, 0.25) is 0 Å². The number of nitrogens with one attached hydrogen (secondary N) is 1. The molecule has 0 radical (unpaired) electrons. The van der Waals surface area contributed by atoms with Crippen molar-refractivity contribution >= 4 is 17.2 Å². The first-order valence-corrected chi connectivity index (χ1v) is 10.6. The summed E-state index contributed by atoms with van der Waals surface area (Å²) >= 11 is 1.84. The molecule has 0 aromatic carbocycles. The standard InChI is InChI=1S/C20H28N4OS/c1-14-13-24(9-10-25-14)18(19-8-5-11-26-19)12-21-20-16-6-3-4-7-17(16)22-15(2)23-20/h5,8,11,14,18H,3-4,6-7,9-10,12-13H2,1-2H3,(H,21,22,23). The predicted octanol–water partition coefficient (Wildman–Crippen LogP) is 3.60. The second-order valence-corrected chi connectivity index (χ2v) is 8.32. The lowest BCUT2D eigenvalue weighted by Gasteiger charge is -2.37. The van der Waals surface area contributed by atoms with E-state index in [2.05, 4.69) is 39.6 Å². The van der Waals surface area contributed by atoms with Gasteiger partial charge in [0.15, 0.2) is 0 Å². The van der Waals surface area contributed by atoms with E-state index in [1.54, 1.807) is 0 Å². The van der Waals surface area contributed by atoms with Crippen molar-refractivity contribution in [1.82, 2.24) is 14.9 Å². The fraction of sp³-hybridized carbons (Fsp3) is 0.600. The van der Waals surface area contributed by atoms with Gasteiger partial charge in [0.05, 0.1) is 18.8 Å². The number of rotatable bonds is 5. The molecule has 26 heavy (non-hydrogen) atoms. The van der Waals surface area contributed by atoms with Gasteiger partial charge in [-0.05, 0) is 51.0 Å². The van der Waals surface area contributed by atoms with Crippen LogP contribution >= 0.6 is 11.3 Å². The Kier molecular flexibility index (Phi) is 5.52. The lowest BCUT2D eigenvalue weighted by atomic mass is 9.96. The summed E-state index contributed by atoms with van der Waals surface area (Å²) < 4.78 is 5.75. The number of aromatic nitrogens is 2. The third kappa shape index (κ3) is 3.92. The van der Waals surface area contributed by atoms with E-state index in [4.69, 9.17) is 9.72 Å². The van der Waals surface area contributed by atoms with Crippen LogP contribution in [0.2, 0.25) is 0 Å². The molecule has 2 atom stereocenters. The fourth-order valence-electron chi connectivity index (χ4n) is 4.08. The van der Waals surface area contributed by atoms with Gasteiger partial charge >= 0.3 is 0 Å². The van der Waals surface area contributed by atoms with Crippen LogP contribution in [0.25, 0.3) is 0 Å². The first-order valence-electron chi connectivity index (χ1n) is 9.70. The molecule has 0 amide bonds. The lowest BCUT2D eigenvalue weighted by molar-refractivity contribution is -0.0322. The molecule has 2 unspecified atom stereocenters. The third-order valence-corrected chi connectivity index (χ3v) is 6.32. The molecule has 6 heteroatoms. The minimum Gasteiger partial charge on any atom is -0.376 e. The molecule has 2 aromatic rings. The van der Waals surface area contributed by atoms with Crippen molar-refractivity contribution in [1.29, 1.82) is 0 Å². The molecule has 0 saturated carbocycles. The largest absolute Gasteiger partial charge is 0.376 e. The molecule has 1 aliphatic heterocycles. The van der Waals surface area contributed by atoms with Crippen LogP contribution in [-0.4, -0.2) is 47.2 Å². The maximum Gasteiger partial charge on any atom is 0.133 e. The Hall–Kier alpha value is -1.50. The van der Waals surface area contributed by atoms with Gasteiger partial charge in [0.25, 0.3) is 0 Å². The zero-order chi connectivity index (χ0) is 17.9. The third-order valence-electron chi connectivity index (χ3n) is 5.34. The predicted molar refractivity (Wildman–Crippen MR) is 106 cm³/mol. The van der Waals surface area contributed by atoms with Crippen LogP contribution in [0, 0.1) is 6.92 Å². The van der Waals surface area contributed by atoms with E-state index in [0.717, 1.165) is 50.7 Å². The van der Waals surface area contributed by atoms with E-state index in [1.807, 2.05) is 18.3 Å². The molecular formula is C20H28N4OS. The summed E-state index contributed by atoms with van der Waals surface area (Å²) in [6.07, 6.45) is 4.95. The van der Waals surface area contributed by atoms with E-state index in [-0.39, 0.29) is 0 Å². The highest BCUT2D eigenvalue weighted by atomic mass is 32.1. The summed E-state index contributed by atoms with van der Waals surface area (Å²) in [5.41, 5.74) is 2.58. The summed E-state index contributed by atoms with van der Waals surface area (Å²) in [4.78, 5) is 13.4. The van der Waals surface area contributed by atoms with Crippen molar-refractivity contribution in [2.24, 2.45) is 0 Å². The molecule has 1 saturated heterocycles. The van der Waals surface area contributed by atoms with Crippen molar-refractivity contribution in [2.45, 2.75) is 51.7 Å². The van der Waals surface area contributed by atoms with Gasteiger partial charge in [-0.2, -0.15) is 0 Å². The van der Waals surface area contributed by atoms with E-state index in [1.165, 1.54) is 29.0 Å². The van der Waals surface area contributed by atoms with Gasteiger partial charge in [-0.15, -0.1) is 11.3 Å². The van der Waals surface area contributed by atoms with Crippen LogP contribution in [0.1, 0.15) is 47.8 Å². The van der Waals surface area contributed by atoms with E-state index < -0.39 is 0 Å². The normalized spacial score (nSPS) is 22.0. The van der Waals surface area contributed by atoms with Crippen LogP contribution in [0.5, 0.6) is 0 Å². The van der Waals surface area contributed by atoms with Gasteiger partial charge in [-0.1, -0.05) is 6.07 Å². The number of thiophene rings is 1. The average molecular weight is 373 g/mol. The first-order chi connectivity index (χ1) is 12.7. The Balaban J connectivity index is 1.54. The number of nitrogens with zero attached hydrogens (tertiary/aromatic N) is 3. The topological polar surface area (TPSA) is 50.3 Å². The average Bonchev–Trinajstić information content (AvgIpc) is 3.16. The Labute approximate surface area is 159 Å². The zero-order valence-corrected chi connectivity index (χ0v) is 16.5. The molecule has 2 aromatic heterocycles. The molecule has 140 valence electrons. The molecule has 0 spiro atoms.